The van der Waals surface area contributed by atoms with Gasteiger partial charge in [-0.25, -0.2) is 0 Å². The van der Waals surface area contributed by atoms with Gasteiger partial charge >= 0.3 is 0 Å². The SMILES string of the molecule is CC(C)(C)c1ccc2c(c1)CN(CC1CCNCC1)C2. The Morgan fingerprint density at radius 2 is 1.80 bits per heavy atom. The van der Waals surface area contributed by atoms with Crippen LogP contribution in [0, 0.1) is 5.92 Å². The van der Waals surface area contributed by atoms with E-state index in [2.05, 4.69) is 49.2 Å². The maximum Gasteiger partial charge on any atom is 0.0240 e. The summed E-state index contributed by atoms with van der Waals surface area (Å²) in [5.74, 6) is 0.896. The highest BCUT2D eigenvalue weighted by molar-refractivity contribution is 5.37. The maximum absolute atomic E-state index is 3.46. The van der Waals surface area contributed by atoms with Crippen molar-refractivity contribution in [2.24, 2.45) is 5.92 Å². The lowest BCUT2D eigenvalue weighted by molar-refractivity contribution is 0.208. The summed E-state index contributed by atoms with van der Waals surface area (Å²) < 4.78 is 0. The number of hydrogen-bond acceptors (Lipinski definition) is 2. The lowest BCUT2D eigenvalue weighted by atomic mass is 9.85. The van der Waals surface area contributed by atoms with Gasteiger partial charge in [-0.2, -0.15) is 0 Å². The molecule has 0 aliphatic carbocycles. The Morgan fingerprint density at radius 3 is 2.50 bits per heavy atom. The molecule has 2 aliphatic rings. The molecule has 0 atom stereocenters. The molecule has 2 nitrogen and oxygen atoms in total. The van der Waals surface area contributed by atoms with Crippen molar-refractivity contribution in [2.75, 3.05) is 19.6 Å². The van der Waals surface area contributed by atoms with E-state index in [0.717, 1.165) is 19.0 Å². The molecule has 20 heavy (non-hydrogen) atoms. The predicted octanol–water partition coefficient (Wildman–Crippen LogP) is 3.30. The zero-order valence-corrected chi connectivity index (χ0v) is 13.2. The smallest absolute Gasteiger partial charge is 0.0240 e. The van der Waals surface area contributed by atoms with Crippen LogP contribution in [-0.2, 0) is 18.5 Å². The second-order valence-corrected chi connectivity index (χ2v) is 7.60. The van der Waals surface area contributed by atoms with E-state index in [1.54, 1.807) is 11.1 Å². The molecular weight excluding hydrogens is 244 g/mol. The highest BCUT2D eigenvalue weighted by Gasteiger charge is 2.24. The number of hydrogen-bond donors (Lipinski definition) is 1. The largest absolute Gasteiger partial charge is 0.317 e. The van der Waals surface area contributed by atoms with Gasteiger partial charge in [-0.15, -0.1) is 0 Å². The summed E-state index contributed by atoms with van der Waals surface area (Å²) in [5.41, 5.74) is 4.84. The Balaban J connectivity index is 1.66. The predicted molar refractivity (Wildman–Crippen MR) is 84.8 cm³/mol. The van der Waals surface area contributed by atoms with E-state index < -0.39 is 0 Å². The van der Waals surface area contributed by atoms with Gasteiger partial charge in [-0.1, -0.05) is 39.0 Å². The number of benzene rings is 1. The molecular formula is C18H28N2. The van der Waals surface area contributed by atoms with Crippen molar-refractivity contribution in [2.45, 2.75) is 52.1 Å². The van der Waals surface area contributed by atoms with Gasteiger partial charge in [-0.05, 0) is 54.0 Å². The van der Waals surface area contributed by atoms with E-state index in [1.165, 1.54) is 38.0 Å². The average Bonchev–Trinajstić information content (AvgIpc) is 2.80. The lowest BCUT2D eigenvalue weighted by Gasteiger charge is -2.27. The summed E-state index contributed by atoms with van der Waals surface area (Å²) in [6.45, 7) is 12.9. The Labute approximate surface area is 123 Å². The minimum absolute atomic E-state index is 0.261. The summed E-state index contributed by atoms with van der Waals surface area (Å²) >= 11 is 0. The molecule has 2 heteroatoms. The number of fused-ring (bicyclic) bond motifs is 1. The first-order valence-corrected chi connectivity index (χ1v) is 8.08. The molecule has 0 saturated carbocycles. The first-order valence-electron chi connectivity index (χ1n) is 8.08. The van der Waals surface area contributed by atoms with Gasteiger partial charge in [-0.3, -0.25) is 4.90 Å². The molecule has 2 aliphatic heterocycles. The zero-order valence-electron chi connectivity index (χ0n) is 13.2. The molecule has 3 rings (SSSR count). The molecule has 1 aromatic carbocycles. The van der Waals surface area contributed by atoms with Crippen molar-refractivity contribution >= 4 is 0 Å². The molecule has 2 heterocycles. The second kappa shape index (κ2) is 5.50. The molecule has 1 saturated heterocycles. The van der Waals surface area contributed by atoms with Gasteiger partial charge in [0, 0.05) is 19.6 Å². The quantitative estimate of drug-likeness (QED) is 0.888. The molecule has 0 amide bonds. The van der Waals surface area contributed by atoms with E-state index in [1.807, 2.05) is 0 Å². The average molecular weight is 272 g/mol. The third kappa shape index (κ3) is 3.07. The highest BCUT2D eigenvalue weighted by Crippen LogP contribution is 2.30. The standard InChI is InChI=1S/C18H28N2/c1-18(2,3)17-5-4-15-12-20(13-16(15)10-17)11-14-6-8-19-9-7-14/h4-5,10,14,19H,6-9,11-13H2,1-3H3. The van der Waals surface area contributed by atoms with Crippen LogP contribution in [0.2, 0.25) is 0 Å². The van der Waals surface area contributed by atoms with Crippen molar-refractivity contribution in [1.29, 1.82) is 0 Å². The molecule has 0 spiro atoms. The normalized spacial score (nSPS) is 21.1. The zero-order chi connectivity index (χ0) is 14.2. The topological polar surface area (TPSA) is 15.3 Å². The summed E-state index contributed by atoms with van der Waals surface area (Å²) in [6.07, 6.45) is 2.69. The van der Waals surface area contributed by atoms with E-state index in [9.17, 15) is 0 Å². The van der Waals surface area contributed by atoms with E-state index in [0.29, 0.717) is 0 Å². The van der Waals surface area contributed by atoms with E-state index >= 15 is 0 Å². The lowest BCUT2D eigenvalue weighted by Crippen LogP contribution is -2.34. The fourth-order valence-corrected chi connectivity index (χ4v) is 3.49. The molecule has 0 bridgehead atoms. The Morgan fingerprint density at radius 1 is 1.10 bits per heavy atom. The van der Waals surface area contributed by atoms with Gasteiger partial charge in [0.25, 0.3) is 0 Å². The molecule has 0 radical (unpaired) electrons. The number of rotatable bonds is 2. The van der Waals surface area contributed by atoms with Crippen LogP contribution < -0.4 is 5.32 Å². The van der Waals surface area contributed by atoms with Gasteiger partial charge < -0.3 is 5.32 Å². The van der Waals surface area contributed by atoms with Crippen molar-refractivity contribution in [3.05, 3.63) is 34.9 Å². The molecule has 0 unspecified atom stereocenters. The monoisotopic (exact) mass is 272 g/mol. The first-order chi connectivity index (χ1) is 9.52. The summed E-state index contributed by atoms with van der Waals surface area (Å²) in [6, 6.07) is 7.13. The number of nitrogens with one attached hydrogen (secondary N) is 1. The maximum atomic E-state index is 3.46. The molecule has 1 fully saturated rings. The van der Waals surface area contributed by atoms with Crippen LogP contribution in [0.3, 0.4) is 0 Å². The minimum atomic E-state index is 0.261. The molecule has 1 N–H and O–H groups in total. The minimum Gasteiger partial charge on any atom is -0.317 e. The first kappa shape index (κ1) is 14.1. The third-order valence-electron chi connectivity index (χ3n) is 4.84. The van der Waals surface area contributed by atoms with Crippen LogP contribution in [0.1, 0.15) is 50.3 Å². The van der Waals surface area contributed by atoms with Gasteiger partial charge in [0.15, 0.2) is 0 Å². The summed E-state index contributed by atoms with van der Waals surface area (Å²) in [4.78, 5) is 2.65. The summed E-state index contributed by atoms with van der Waals surface area (Å²) in [7, 11) is 0. The van der Waals surface area contributed by atoms with E-state index in [4.69, 9.17) is 0 Å². The van der Waals surface area contributed by atoms with E-state index in [-0.39, 0.29) is 5.41 Å². The van der Waals surface area contributed by atoms with Crippen molar-refractivity contribution in [3.63, 3.8) is 0 Å². The fraction of sp³-hybridized carbons (Fsp3) is 0.667. The van der Waals surface area contributed by atoms with Gasteiger partial charge in [0.2, 0.25) is 0 Å². The van der Waals surface area contributed by atoms with Crippen LogP contribution in [-0.4, -0.2) is 24.5 Å². The van der Waals surface area contributed by atoms with Crippen molar-refractivity contribution in [1.82, 2.24) is 10.2 Å². The van der Waals surface area contributed by atoms with Crippen LogP contribution in [0.25, 0.3) is 0 Å². The summed E-state index contributed by atoms with van der Waals surface area (Å²) in [5, 5.41) is 3.46. The Hall–Kier alpha value is -0.860. The Bertz CT molecular complexity index is 467. The van der Waals surface area contributed by atoms with Gasteiger partial charge in [0.05, 0.1) is 0 Å². The fourth-order valence-electron chi connectivity index (χ4n) is 3.49. The molecule has 110 valence electrons. The van der Waals surface area contributed by atoms with Crippen LogP contribution in [0.5, 0.6) is 0 Å². The Kier molecular flexibility index (Phi) is 3.87. The number of piperidine rings is 1. The molecule has 0 aromatic heterocycles. The molecule has 1 aromatic rings. The van der Waals surface area contributed by atoms with Crippen molar-refractivity contribution < 1.29 is 0 Å². The van der Waals surface area contributed by atoms with Gasteiger partial charge in [0.1, 0.15) is 0 Å². The highest BCUT2D eigenvalue weighted by atomic mass is 15.1. The van der Waals surface area contributed by atoms with Crippen LogP contribution in [0.4, 0.5) is 0 Å². The van der Waals surface area contributed by atoms with Crippen LogP contribution in [0.15, 0.2) is 18.2 Å². The second-order valence-electron chi connectivity index (χ2n) is 7.60. The number of nitrogens with zero attached hydrogens (tertiary/aromatic N) is 1. The third-order valence-corrected chi connectivity index (χ3v) is 4.84. The van der Waals surface area contributed by atoms with Crippen LogP contribution >= 0.6 is 0 Å². The van der Waals surface area contributed by atoms with Crippen molar-refractivity contribution in [3.8, 4) is 0 Å².